The molecule has 0 bridgehead atoms. The Kier molecular flexibility index (Phi) is 5.96. The number of carbonyl (C=O) groups is 1. The molecule has 1 N–H and O–H groups in total. The quantitative estimate of drug-likeness (QED) is 0.295. The van der Waals surface area contributed by atoms with E-state index in [-0.39, 0.29) is 5.91 Å². The number of anilines is 1. The molecule has 0 spiro atoms. The monoisotopic (exact) mass is 485 g/mol. The van der Waals surface area contributed by atoms with E-state index >= 15 is 0 Å². The average Bonchev–Trinajstić information content (AvgIpc) is 3.18. The van der Waals surface area contributed by atoms with Crippen molar-refractivity contribution < 1.29 is 19.0 Å². The first kappa shape index (κ1) is 22.6. The van der Waals surface area contributed by atoms with Crippen molar-refractivity contribution in [3.63, 3.8) is 0 Å². The first-order chi connectivity index (χ1) is 17.0. The predicted molar refractivity (Wildman–Crippen MR) is 138 cm³/mol. The Morgan fingerprint density at radius 1 is 0.914 bits per heavy atom. The summed E-state index contributed by atoms with van der Waals surface area (Å²) in [6.45, 7) is 3.92. The number of methoxy groups -OCH3 is 2. The number of fused-ring (bicyclic) bond motifs is 2. The predicted octanol–water partition coefficient (Wildman–Crippen LogP) is 6.52. The second kappa shape index (κ2) is 9.23. The van der Waals surface area contributed by atoms with Crippen LogP contribution < -0.4 is 19.5 Å². The lowest BCUT2D eigenvalue weighted by atomic mass is 10.0. The Hall–Kier alpha value is -4.17. The van der Waals surface area contributed by atoms with Gasteiger partial charge in [0.25, 0.3) is 5.91 Å². The smallest absolute Gasteiger partial charge is 0.258 e. The molecule has 0 saturated heterocycles. The van der Waals surface area contributed by atoms with E-state index in [1.807, 2.05) is 62.4 Å². The third-order valence-corrected chi connectivity index (χ3v) is 6.77. The Labute approximate surface area is 206 Å². The number of thiazole rings is 1. The molecule has 0 aliphatic carbocycles. The van der Waals surface area contributed by atoms with Crippen molar-refractivity contribution in [2.45, 2.75) is 13.8 Å². The summed E-state index contributed by atoms with van der Waals surface area (Å²) in [5.41, 5.74) is 2.23. The lowest BCUT2D eigenvalue weighted by molar-refractivity contribution is 0.102. The van der Waals surface area contributed by atoms with Crippen molar-refractivity contribution in [3.05, 3.63) is 76.9 Å². The number of rotatable bonds is 6. The minimum absolute atomic E-state index is 0.195. The molecule has 0 radical (unpaired) electrons. The summed E-state index contributed by atoms with van der Waals surface area (Å²) in [4.78, 5) is 22.9. The molecule has 3 aromatic carbocycles. The van der Waals surface area contributed by atoms with Crippen LogP contribution in [0.5, 0.6) is 23.0 Å². The molecule has 2 heterocycles. The van der Waals surface area contributed by atoms with Crippen molar-refractivity contribution in [3.8, 4) is 23.0 Å². The molecule has 0 unspecified atom stereocenters. The number of amides is 1. The molecule has 0 saturated carbocycles. The van der Waals surface area contributed by atoms with Gasteiger partial charge in [-0.15, -0.1) is 11.3 Å². The highest BCUT2D eigenvalue weighted by molar-refractivity contribution is 7.15. The molecule has 176 valence electrons. The SMILES string of the molecule is COc1cc2nccc(Oc3ccc4c(C(=O)Nc5nc(C)c(C)s5)cccc4c3)c2cc1OC. The third-order valence-electron chi connectivity index (χ3n) is 5.78. The first-order valence-electron chi connectivity index (χ1n) is 10.9. The molecule has 0 aliphatic heterocycles. The van der Waals surface area contributed by atoms with Gasteiger partial charge in [-0.1, -0.05) is 12.1 Å². The van der Waals surface area contributed by atoms with Gasteiger partial charge < -0.3 is 14.2 Å². The zero-order valence-electron chi connectivity index (χ0n) is 19.7. The van der Waals surface area contributed by atoms with Gasteiger partial charge >= 0.3 is 0 Å². The van der Waals surface area contributed by atoms with E-state index in [4.69, 9.17) is 14.2 Å². The summed E-state index contributed by atoms with van der Waals surface area (Å²) < 4.78 is 17.1. The number of hydrogen-bond acceptors (Lipinski definition) is 7. The van der Waals surface area contributed by atoms with Gasteiger partial charge in [-0.2, -0.15) is 0 Å². The molecule has 5 aromatic rings. The van der Waals surface area contributed by atoms with Crippen LogP contribution in [0.4, 0.5) is 5.13 Å². The highest BCUT2D eigenvalue weighted by Gasteiger charge is 2.15. The summed E-state index contributed by atoms with van der Waals surface area (Å²) in [6, 6.07) is 16.8. The molecule has 5 rings (SSSR count). The fraction of sp³-hybridized carbons (Fsp3) is 0.148. The molecule has 1 amide bonds. The summed E-state index contributed by atoms with van der Waals surface area (Å²) in [6.07, 6.45) is 1.69. The average molecular weight is 486 g/mol. The Bertz CT molecular complexity index is 1560. The number of nitrogens with one attached hydrogen (secondary N) is 1. The van der Waals surface area contributed by atoms with E-state index < -0.39 is 0 Å². The molecule has 7 nitrogen and oxygen atoms in total. The van der Waals surface area contributed by atoms with Gasteiger partial charge in [-0.25, -0.2) is 4.98 Å². The second-order valence-electron chi connectivity index (χ2n) is 7.94. The third kappa shape index (κ3) is 4.36. The number of pyridine rings is 1. The van der Waals surface area contributed by atoms with E-state index in [9.17, 15) is 4.79 Å². The zero-order chi connectivity index (χ0) is 24.5. The van der Waals surface area contributed by atoms with Crippen molar-refractivity contribution in [1.29, 1.82) is 0 Å². The van der Waals surface area contributed by atoms with Gasteiger partial charge in [0.2, 0.25) is 0 Å². The maximum absolute atomic E-state index is 13.0. The zero-order valence-corrected chi connectivity index (χ0v) is 20.5. The highest BCUT2D eigenvalue weighted by Crippen LogP contribution is 2.37. The van der Waals surface area contributed by atoms with Gasteiger partial charge in [-0.05, 0) is 61.0 Å². The first-order valence-corrected chi connectivity index (χ1v) is 11.7. The fourth-order valence-corrected chi connectivity index (χ4v) is 4.69. The summed E-state index contributed by atoms with van der Waals surface area (Å²) >= 11 is 1.47. The number of hydrogen-bond donors (Lipinski definition) is 1. The van der Waals surface area contributed by atoms with Gasteiger partial charge in [0, 0.05) is 28.1 Å². The van der Waals surface area contributed by atoms with Gasteiger partial charge in [0.15, 0.2) is 16.6 Å². The van der Waals surface area contributed by atoms with Gasteiger partial charge in [-0.3, -0.25) is 15.1 Å². The summed E-state index contributed by atoms with van der Waals surface area (Å²) in [5.74, 6) is 2.28. The standard InChI is InChI=1S/C27H23N3O4S/c1-15-16(2)35-27(29-15)30-26(31)20-7-5-6-17-12-18(8-9-19(17)20)34-23-10-11-28-22-14-25(33-4)24(32-3)13-21(22)23/h5-14H,1-4H3,(H,29,30,31). The van der Waals surface area contributed by atoms with Crippen LogP contribution >= 0.6 is 11.3 Å². The van der Waals surface area contributed by atoms with E-state index in [0.717, 1.165) is 32.2 Å². The van der Waals surface area contributed by atoms with E-state index in [1.54, 1.807) is 26.5 Å². The molecule has 8 heteroatoms. The second-order valence-corrected chi connectivity index (χ2v) is 9.14. The number of ether oxygens (including phenoxy) is 3. The number of carbonyl (C=O) groups excluding carboxylic acids is 1. The maximum Gasteiger partial charge on any atom is 0.258 e. The van der Waals surface area contributed by atoms with Crippen molar-refractivity contribution >= 4 is 44.1 Å². The maximum atomic E-state index is 13.0. The Morgan fingerprint density at radius 2 is 1.71 bits per heavy atom. The number of benzene rings is 3. The van der Waals surface area contributed by atoms with Crippen LogP contribution in [0.25, 0.3) is 21.7 Å². The van der Waals surface area contributed by atoms with Crippen molar-refractivity contribution in [2.75, 3.05) is 19.5 Å². The normalized spacial score (nSPS) is 11.0. The minimum atomic E-state index is -0.195. The summed E-state index contributed by atoms with van der Waals surface area (Å²) in [5, 5.41) is 6.02. The fourth-order valence-electron chi connectivity index (χ4n) is 3.88. The van der Waals surface area contributed by atoms with E-state index in [0.29, 0.717) is 33.7 Å². The van der Waals surface area contributed by atoms with Crippen LogP contribution in [0.15, 0.2) is 60.8 Å². The molecule has 0 aliphatic rings. The summed E-state index contributed by atoms with van der Waals surface area (Å²) in [7, 11) is 3.18. The molecular weight excluding hydrogens is 462 g/mol. The van der Waals surface area contributed by atoms with Crippen LogP contribution in [0.3, 0.4) is 0 Å². The lowest BCUT2D eigenvalue weighted by Crippen LogP contribution is -2.12. The lowest BCUT2D eigenvalue weighted by Gasteiger charge is -2.13. The Balaban J connectivity index is 1.47. The van der Waals surface area contributed by atoms with E-state index in [1.165, 1.54) is 11.3 Å². The molecule has 2 aromatic heterocycles. The number of nitrogens with zero attached hydrogens (tertiary/aromatic N) is 2. The minimum Gasteiger partial charge on any atom is -0.493 e. The molecule has 35 heavy (non-hydrogen) atoms. The Morgan fingerprint density at radius 3 is 2.46 bits per heavy atom. The topological polar surface area (TPSA) is 82.6 Å². The van der Waals surface area contributed by atoms with Crippen LogP contribution in [0.1, 0.15) is 20.9 Å². The van der Waals surface area contributed by atoms with Crippen LogP contribution in [0.2, 0.25) is 0 Å². The molecule has 0 fully saturated rings. The molecular formula is C27H23N3O4S. The number of aryl methyl sites for hydroxylation is 2. The highest BCUT2D eigenvalue weighted by atomic mass is 32.1. The van der Waals surface area contributed by atoms with E-state index in [2.05, 4.69) is 15.3 Å². The van der Waals surface area contributed by atoms with Crippen LogP contribution in [0, 0.1) is 13.8 Å². The molecule has 0 atom stereocenters. The largest absolute Gasteiger partial charge is 0.493 e. The number of aromatic nitrogens is 2. The van der Waals surface area contributed by atoms with Crippen LogP contribution in [-0.2, 0) is 0 Å². The van der Waals surface area contributed by atoms with Crippen molar-refractivity contribution in [2.24, 2.45) is 0 Å². The van der Waals surface area contributed by atoms with Crippen molar-refractivity contribution in [1.82, 2.24) is 9.97 Å². The van der Waals surface area contributed by atoms with Crippen LogP contribution in [-0.4, -0.2) is 30.1 Å². The van der Waals surface area contributed by atoms with Gasteiger partial charge in [0.1, 0.15) is 11.5 Å². The van der Waals surface area contributed by atoms with Gasteiger partial charge in [0.05, 0.1) is 25.4 Å².